The van der Waals surface area contributed by atoms with E-state index in [1.165, 1.54) is 6.42 Å². The third kappa shape index (κ3) is 2.13. The second kappa shape index (κ2) is 3.54. The Bertz CT molecular complexity index is 301. The molecule has 0 aliphatic heterocycles. The molecule has 0 spiro atoms. The highest BCUT2D eigenvalue weighted by Gasteiger charge is 2.31. The summed E-state index contributed by atoms with van der Waals surface area (Å²) in [6, 6.07) is 1.91. The maximum Gasteiger partial charge on any atom is 0.0820 e. The Hall–Kier alpha value is -0.760. The molecule has 1 aliphatic rings. The predicted octanol–water partition coefficient (Wildman–Crippen LogP) is 2.80. The monoisotopic (exact) mass is 196 g/mol. The minimum absolute atomic E-state index is 0.704. The van der Waals surface area contributed by atoms with Crippen molar-refractivity contribution in [3.05, 3.63) is 23.5 Å². The number of halogens is 1. The normalized spacial score (nSPS) is 25.7. The molecule has 0 saturated heterocycles. The van der Waals surface area contributed by atoms with Gasteiger partial charge in [-0.05, 0) is 24.3 Å². The molecule has 0 bridgehead atoms. The summed E-state index contributed by atoms with van der Waals surface area (Å²) in [5.74, 6) is 1.72. The van der Waals surface area contributed by atoms with Crippen LogP contribution >= 0.6 is 11.6 Å². The van der Waals surface area contributed by atoms with Crippen molar-refractivity contribution in [1.29, 1.82) is 0 Å². The Balaban J connectivity index is 1.90. The van der Waals surface area contributed by atoms with E-state index in [1.807, 2.05) is 6.07 Å². The smallest absolute Gasteiger partial charge is 0.0820 e. The molecule has 0 amide bonds. The predicted molar refractivity (Wildman–Crippen MR) is 55.0 cm³/mol. The van der Waals surface area contributed by atoms with Gasteiger partial charge in [0.15, 0.2) is 0 Å². The number of aromatic nitrogens is 1. The third-order valence-electron chi connectivity index (χ3n) is 2.60. The average Bonchev–Trinajstić information content (AvgIpc) is 2.81. The first-order valence-corrected chi connectivity index (χ1v) is 4.98. The number of nitrogens with zero attached hydrogens (tertiary/aromatic N) is 1. The Morgan fingerprint density at radius 3 is 3.08 bits per heavy atom. The lowest BCUT2D eigenvalue weighted by Crippen LogP contribution is -2.04. The van der Waals surface area contributed by atoms with Crippen LogP contribution in [0.15, 0.2) is 18.5 Å². The summed E-state index contributed by atoms with van der Waals surface area (Å²) in [4.78, 5) is 3.93. The molecule has 1 heterocycles. The SMILES string of the molecule is CC1CC1CNc1ccncc1Cl. The van der Waals surface area contributed by atoms with E-state index in [9.17, 15) is 0 Å². The summed E-state index contributed by atoms with van der Waals surface area (Å²) < 4.78 is 0. The molecule has 13 heavy (non-hydrogen) atoms. The molecule has 1 saturated carbocycles. The molecule has 1 fully saturated rings. The van der Waals surface area contributed by atoms with Crippen LogP contribution in [0.1, 0.15) is 13.3 Å². The van der Waals surface area contributed by atoms with Gasteiger partial charge in [0.05, 0.1) is 10.7 Å². The van der Waals surface area contributed by atoms with Crippen molar-refractivity contribution in [3.63, 3.8) is 0 Å². The summed E-state index contributed by atoms with van der Waals surface area (Å²) in [7, 11) is 0. The first-order chi connectivity index (χ1) is 6.27. The zero-order chi connectivity index (χ0) is 9.26. The van der Waals surface area contributed by atoms with Crippen molar-refractivity contribution < 1.29 is 0 Å². The van der Waals surface area contributed by atoms with Gasteiger partial charge in [-0.15, -0.1) is 0 Å². The summed E-state index contributed by atoms with van der Waals surface area (Å²) >= 11 is 5.94. The fourth-order valence-corrected chi connectivity index (χ4v) is 1.63. The van der Waals surface area contributed by atoms with Crippen LogP contribution in [0.25, 0.3) is 0 Å². The summed E-state index contributed by atoms with van der Waals surface area (Å²) in [5.41, 5.74) is 0.996. The quantitative estimate of drug-likeness (QED) is 0.804. The number of hydrogen-bond donors (Lipinski definition) is 1. The highest BCUT2D eigenvalue weighted by molar-refractivity contribution is 6.33. The second-order valence-corrected chi connectivity index (χ2v) is 4.12. The molecule has 2 atom stereocenters. The van der Waals surface area contributed by atoms with Crippen LogP contribution < -0.4 is 5.32 Å². The molecule has 1 aliphatic carbocycles. The minimum Gasteiger partial charge on any atom is -0.383 e. The van der Waals surface area contributed by atoms with E-state index in [0.717, 1.165) is 24.1 Å². The molecule has 2 unspecified atom stereocenters. The van der Waals surface area contributed by atoms with E-state index in [0.29, 0.717) is 5.02 Å². The summed E-state index contributed by atoms with van der Waals surface area (Å²) in [6.07, 6.45) is 4.76. The Morgan fingerprint density at radius 2 is 2.46 bits per heavy atom. The molecule has 1 N–H and O–H groups in total. The highest BCUT2D eigenvalue weighted by atomic mass is 35.5. The van der Waals surface area contributed by atoms with Gasteiger partial charge in [-0.2, -0.15) is 0 Å². The minimum atomic E-state index is 0.704. The zero-order valence-corrected chi connectivity index (χ0v) is 8.38. The molecular weight excluding hydrogens is 184 g/mol. The van der Waals surface area contributed by atoms with Gasteiger partial charge in [0.2, 0.25) is 0 Å². The van der Waals surface area contributed by atoms with Crippen molar-refractivity contribution in [3.8, 4) is 0 Å². The van der Waals surface area contributed by atoms with Crippen molar-refractivity contribution in [1.82, 2.24) is 4.98 Å². The van der Waals surface area contributed by atoms with Crippen LogP contribution in [0.2, 0.25) is 5.02 Å². The highest BCUT2D eigenvalue weighted by Crippen LogP contribution is 2.37. The zero-order valence-electron chi connectivity index (χ0n) is 7.63. The van der Waals surface area contributed by atoms with Crippen molar-refractivity contribution >= 4 is 17.3 Å². The van der Waals surface area contributed by atoms with Crippen molar-refractivity contribution in [2.24, 2.45) is 11.8 Å². The van der Waals surface area contributed by atoms with Crippen LogP contribution in [-0.2, 0) is 0 Å². The fraction of sp³-hybridized carbons (Fsp3) is 0.500. The summed E-state index contributed by atoms with van der Waals surface area (Å²) in [5, 5.41) is 4.04. The lowest BCUT2D eigenvalue weighted by atomic mass is 10.3. The number of hydrogen-bond acceptors (Lipinski definition) is 2. The number of rotatable bonds is 3. The molecule has 3 heteroatoms. The Labute approximate surface area is 83.3 Å². The van der Waals surface area contributed by atoms with Crippen LogP contribution in [0.3, 0.4) is 0 Å². The topological polar surface area (TPSA) is 24.9 Å². The Morgan fingerprint density at radius 1 is 1.69 bits per heavy atom. The molecule has 0 radical (unpaired) electrons. The lowest BCUT2D eigenvalue weighted by Gasteiger charge is -2.06. The van der Waals surface area contributed by atoms with Gasteiger partial charge in [0.1, 0.15) is 0 Å². The van der Waals surface area contributed by atoms with Gasteiger partial charge in [0, 0.05) is 18.9 Å². The van der Waals surface area contributed by atoms with Crippen LogP contribution in [0, 0.1) is 11.8 Å². The molecule has 2 nitrogen and oxygen atoms in total. The van der Waals surface area contributed by atoms with Gasteiger partial charge in [-0.3, -0.25) is 4.98 Å². The maximum atomic E-state index is 5.94. The van der Waals surface area contributed by atoms with Gasteiger partial charge < -0.3 is 5.32 Å². The van der Waals surface area contributed by atoms with Gasteiger partial charge >= 0.3 is 0 Å². The maximum absolute atomic E-state index is 5.94. The van der Waals surface area contributed by atoms with Crippen LogP contribution in [0.4, 0.5) is 5.69 Å². The largest absolute Gasteiger partial charge is 0.383 e. The van der Waals surface area contributed by atoms with Crippen molar-refractivity contribution in [2.45, 2.75) is 13.3 Å². The fourth-order valence-electron chi connectivity index (χ4n) is 1.44. The van der Waals surface area contributed by atoms with Gasteiger partial charge in [-0.1, -0.05) is 18.5 Å². The molecule has 70 valence electrons. The third-order valence-corrected chi connectivity index (χ3v) is 2.90. The standard InChI is InChI=1S/C10H13ClN2/c1-7-4-8(7)5-13-10-2-3-12-6-9(10)11/h2-3,6-8H,4-5H2,1H3,(H,12,13). The van der Waals surface area contributed by atoms with E-state index >= 15 is 0 Å². The van der Waals surface area contributed by atoms with E-state index in [1.54, 1.807) is 12.4 Å². The number of pyridine rings is 1. The van der Waals surface area contributed by atoms with Crippen LogP contribution in [0.5, 0.6) is 0 Å². The molecular formula is C10H13ClN2. The number of nitrogens with one attached hydrogen (secondary N) is 1. The summed E-state index contributed by atoms with van der Waals surface area (Å²) in [6.45, 7) is 3.31. The van der Waals surface area contributed by atoms with Gasteiger partial charge in [0.25, 0.3) is 0 Å². The molecule has 0 aromatic carbocycles. The van der Waals surface area contributed by atoms with E-state index in [-0.39, 0.29) is 0 Å². The molecule has 1 aromatic heterocycles. The van der Waals surface area contributed by atoms with Crippen LogP contribution in [-0.4, -0.2) is 11.5 Å². The van der Waals surface area contributed by atoms with E-state index in [2.05, 4.69) is 17.2 Å². The number of anilines is 1. The van der Waals surface area contributed by atoms with Gasteiger partial charge in [-0.25, -0.2) is 0 Å². The molecule has 1 aromatic rings. The first kappa shape index (κ1) is 8.82. The lowest BCUT2D eigenvalue weighted by molar-refractivity contribution is 0.787. The first-order valence-electron chi connectivity index (χ1n) is 4.61. The molecule has 2 rings (SSSR count). The second-order valence-electron chi connectivity index (χ2n) is 3.71. The van der Waals surface area contributed by atoms with E-state index < -0.39 is 0 Å². The van der Waals surface area contributed by atoms with Crippen molar-refractivity contribution in [2.75, 3.05) is 11.9 Å². The Kier molecular flexibility index (Phi) is 2.40. The average molecular weight is 197 g/mol. The van der Waals surface area contributed by atoms with E-state index in [4.69, 9.17) is 11.6 Å².